The number of likely N-dealkylation sites (tertiary alicyclic amines) is 1. The molecule has 5 nitrogen and oxygen atoms in total. The summed E-state index contributed by atoms with van der Waals surface area (Å²) in [6.45, 7) is 2.99. The molecule has 0 saturated carbocycles. The van der Waals surface area contributed by atoms with Gasteiger partial charge in [-0.3, -0.25) is 9.59 Å². The Morgan fingerprint density at radius 2 is 2.17 bits per heavy atom. The smallest absolute Gasteiger partial charge is 0.222 e. The highest BCUT2D eigenvalue weighted by Gasteiger charge is 2.21. The number of thioether (sulfide) groups is 1. The number of hydrogen-bond donors (Lipinski definition) is 2. The summed E-state index contributed by atoms with van der Waals surface area (Å²) in [4.78, 5) is 25.9. The molecule has 6 heteroatoms. The molecule has 2 amide bonds. The van der Waals surface area contributed by atoms with Gasteiger partial charge >= 0.3 is 0 Å². The van der Waals surface area contributed by atoms with E-state index in [-0.39, 0.29) is 17.9 Å². The zero-order chi connectivity index (χ0) is 16.8. The van der Waals surface area contributed by atoms with Gasteiger partial charge in [-0.1, -0.05) is 24.3 Å². The summed E-state index contributed by atoms with van der Waals surface area (Å²) in [6.07, 6.45) is 2.13. The Kier molecular flexibility index (Phi) is 6.15. The van der Waals surface area contributed by atoms with Crippen LogP contribution in [0.4, 0.5) is 0 Å². The van der Waals surface area contributed by atoms with Crippen molar-refractivity contribution < 1.29 is 9.59 Å². The quantitative estimate of drug-likeness (QED) is 0.819. The Bertz CT molecular complexity index is 587. The Hall–Kier alpha value is -1.53. The van der Waals surface area contributed by atoms with Gasteiger partial charge in [0.1, 0.15) is 0 Å². The molecule has 1 aromatic carbocycles. The first-order chi connectivity index (χ1) is 11.7. The van der Waals surface area contributed by atoms with Gasteiger partial charge in [-0.2, -0.15) is 11.8 Å². The molecule has 0 radical (unpaired) electrons. The third-order valence-electron chi connectivity index (χ3n) is 4.56. The molecule has 0 aromatic heterocycles. The van der Waals surface area contributed by atoms with Crippen molar-refractivity contribution in [3.63, 3.8) is 0 Å². The van der Waals surface area contributed by atoms with Crippen molar-refractivity contribution in [3.8, 4) is 0 Å². The van der Waals surface area contributed by atoms with Crippen molar-refractivity contribution in [2.45, 2.75) is 38.4 Å². The Morgan fingerprint density at radius 3 is 2.88 bits per heavy atom. The van der Waals surface area contributed by atoms with E-state index < -0.39 is 0 Å². The maximum absolute atomic E-state index is 12.2. The van der Waals surface area contributed by atoms with Crippen LogP contribution in [0.2, 0.25) is 0 Å². The van der Waals surface area contributed by atoms with Crippen LogP contribution in [-0.2, 0) is 22.7 Å². The van der Waals surface area contributed by atoms with Gasteiger partial charge in [0.05, 0.1) is 0 Å². The van der Waals surface area contributed by atoms with Crippen LogP contribution in [-0.4, -0.2) is 47.4 Å². The lowest BCUT2D eigenvalue weighted by atomic mass is 10.1. The van der Waals surface area contributed by atoms with Crippen LogP contribution in [0.1, 0.15) is 30.4 Å². The molecule has 2 aliphatic rings. The highest BCUT2D eigenvalue weighted by atomic mass is 32.2. The second kappa shape index (κ2) is 8.53. The molecule has 1 atom stereocenters. The van der Waals surface area contributed by atoms with E-state index in [1.54, 1.807) is 0 Å². The van der Waals surface area contributed by atoms with Crippen LogP contribution in [0.3, 0.4) is 0 Å². The Morgan fingerprint density at radius 1 is 1.33 bits per heavy atom. The predicted octanol–water partition coefficient (Wildman–Crippen LogP) is 1.52. The minimum absolute atomic E-state index is 0.0852. The zero-order valence-electron chi connectivity index (χ0n) is 13.9. The molecular formula is C18H25N3O2S. The minimum atomic E-state index is 0.0852. The van der Waals surface area contributed by atoms with E-state index in [4.69, 9.17) is 0 Å². The second-order valence-electron chi connectivity index (χ2n) is 6.39. The van der Waals surface area contributed by atoms with Gasteiger partial charge in [0.2, 0.25) is 11.8 Å². The summed E-state index contributed by atoms with van der Waals surface area (Å²) in [5.41, 5.74) is 2.22. The number of amides is 2. The third-order valence-corrected chi connectivity index (χ3v) is 5.69. The first kappa shape index (κ1) is 17.3. The van der Waals surface area contributed by atoms with Gasteiger partial charge < -0.3 is 15.5 Å². The molecule has 1 aromatic rings. The van der Waals surface area contributed by atoms with Crippen LogP contribution in [0.25, 0.3) is 0 Å². The van der Waals surface area contributed by atoms with E-state index in [9.17, 15) is 9.59 Å². The lowest BCUT2D eigenvalue weighted by Crippen LogP contribution is -2.41. The van der Waals surface area contributed by atoms with Gasteiger partial charge in [0, 0.05) is 56.6 Å². The molecule has 130 valence electrons. The van der Waals surface area contributed by atoms with Crippen LogP contribution in [0, 0.1) is 0 Å². The molecule has 3 rings (SSSR count). The van der Waals surface area contributed by atoms with E-state index >= 15 is 0 Å². The molecule has 0 spiro atoms. The fraction of sp³-hybridized carbons (Fsp3) is 0.556. The highest BCUT2D eigenvalue weighted by Crippen LogP contribution is 2.17. The van der Waals surface area contributed by atoms with Crippen molar-refractivity contribution in [1.82, 2.24) is 15.5 Å². The Labute approximate surface area is 147 Å². The summed E-state index contributed by atoms with van der Waals surface area (Å²) in [6, 6.07) is 8.33. The molecule has 0 aliphatic carbocycles. The highest BCUT2D eigenvalue weighted by molar-refractivity contribution is 7.99. The third kappa shape index (κ3) is 4.74. The van der Waals surface area contributed by atoms with Crippen molar-refractivity contribution >= 4 is 23.6 Å². The van der Waals surface area contributed by atoms with Gasteiger partial charge in [0.25, 0.3) is 0 Å². The number of nitrogens with zero attached hydrogens (tertiary/aromatic N) is 1. The van der Waals surface area contributed by atoms with Crippen molar-refractivity contribution in [2.75, 3.05) is 24.6 Å². The summed E-state index contributed by atoms with van der Waals surface area (Å²) < 4.78 is 0. The summed E-state index contributed by atoms with van der Waals surface area (Å²) in [7, 11) is 0. The lowest BCUT2D eigenvalue weighted by Gasteiger charge is -2.22. The van der Waals surface area contributed by atoms with Crippen molar-refractivity contribution in [2.24, 2.45) is 0 Å². The van der Waals surface area contributed by atoms with Crippen LogP contribution < -0.4 is 10.6 Å². The minimum Gasteiger partial charge on any atom is -0.352 e. The van der Waals surface area contributed by atoms with E-state index in [2.05, 4.69) is 10.6 Å². The summed E-state index contributed by atoms with van der Waals surface area (Å²) in [5.74, 6) is 2.44. The summed E-state index contributed by atoms with van der Waals surface area (Å²) >= 11 is 1.90. The summed E-state index contributed by atoms with van der Waals surface area (Å²) in [5, 5.41) is 6.42. The standard InChI is InChI=1S/C18H25N3O2S/c22-17(10-16-13-24-9-7-19-16)20-11-14-4-1-2-5-15(14)12-21-8-3-6-18(21)23/h1-2,4-5,16,19H,3,6-13H2,(H,20,22). The lowest BCUT2D eigenvalue weighted by molar-refractivity contribution is -0.128. The molecule has 2 fully saturated rings. The molecule has 0 bridgehead atoms. The van der Waals surface area contributed by atoms with Crippen LogP contribution in [0.5, 0.6) is 0 Å². The monoisotopic (exact) mass is 347 g/mol. The SMILES string of the molecule is O=C(CC1CSCCN1)NCc1ccccc1CN1CCCC1=O. The first-order valence-electron chi connectivity index (χ1n) is 8.65. The largest absolute Gasteiger partial charge is 0.352 e. The second-order valence-corrected chi connectivity index (χ2v) is 7.54. The van der Waals surface area contributed by atoms with Gasteiger partial charge in [0.15, 0.2) is 0 Å². The molecule has 2 saturated heterocycles. The van der Waals surface area contributed by atoms with E-state index in [0.29, 0.717) is 25.9 Å². The number of carbonyl (C=O) groups is 2. The zero-order valence-corrected chi connectivity index (χ0v) is 14.7. The maximum Gasteiger partial charge on any atom is 0.222 e. The first-order valence-corrected chi connectivity index (χ1v) is 9.80. The number of rotatable bonds is 6. The fourth-order valence-electron chi connectivity index (χ4n) is 3.20. The van der Waals surface area contributed by atoms with E-state index in [1.807, 2.05) is 40.9 Å². The van der Waals surface area contributed by atoms with Crippen molar-refractivity contribution in [1.29, 1.82) is 0 Å². The van der Waals surface area contributed by atoms with Crippen LogP contribution in [0.15, 0.2) is 24.3 Å². The van der Waals surface area contributed by atoms with E-state index in [0.717, 1.165) is 42.1 Å². The number of carbonyl (C=O) groups excluding carboxylic acids is 2. The molecule has 2 aliphatic heterocycles. The number of benzene rings is 1. The molecular weight excluding hydrogens is 322 g/mol. The molecule has 2 heterocycles. The Balaban J connectivity index is 1.52. The number of nitrogens with one attached hydrogen (secondary N) is 2. The average molecular weight is 347 g/mol. The molecule has 24 heavy (non-hydrogen) atoms. The van der Waals surface area contributed by atoms with Crippen molar-refractivity contribution in [3.05, 3.63) is 35.4 Å². The number of hydrogen-bond acceptors (Lipinski definition) is 4. The maximum atomic E-state index is 12.2. The van der Waals surface area contributed by atoms with E-state index in [1.165, 1.54) is 0 Å². The predicted molar refractivity (Wildman–Crippen MR) is 96.7 cm³/mol. The van der Waals surface area contributed by atoms with Crippen LogP contribution >= 0.6 is 11.8 Å². The topological polar surface area (TPSA) is 61.4 Å². The van der Waals surface area contributed by atoms with Gasteiger partial charge in [-0.15, -0.1) is 0 Å². The van der Waals surface area contributed by atoms with Gasteiger partial charge in [-0.05, 0) is 17.5 Å². The normalized spacial score (nSPS) is 21.1. The average Bonchev–Trinajstić information content (AvgIpc) is 3.00. The van der Waals surface area contributed by atoms with Gasteiger partial charge in [-0.25, -0.2) is 0 Å². The molecule has 2 N–H and O–H groups in total. The molecule has 1 unspecified atom stereocenters. The fourth-order valence-corrected chi connectivity index (χ4v) is 4.15.